The highest BCUT2D eigenvalue weighted by molar-refractivity contribution is 7.14. The van der Waals surface area contributed by atoms with Gasteiger partial charge in [0.1, 0.15) is 16.3 Å². The van der Waals surface area contributed by atoms with Crippen LogP contribution in [-0.2, 0) is 9.53 Å². The van der Waals surface area contributed by atoms with Crippen LogP contribution in [0.3, 0.4) is 0 Å². The molecule has 9 heteroatoms. The van der Waals surface area contributed by atoms with E-state index in [1.54, 1.807) is 19.2 Å². The molecule has 0 aromatic carbocycles. The summed E-state index contributed by atoms with van der Waals surface area (Å²) in [5.74, 6) is -1.61. The summed E-state index contributed by atoms with van der Waals surface area (Å²) in [5, 5.41) is 8.10. The van der Waals surface area contributed by atoms with E-state index in [1.807, 2.05) is 0 Å². The lowest BCUT2D eigenvalue weighted by atomic mass is 10.2. The van der Waals surface area contributed by atoms with Crippen molar-refractivity contribution in [2.45, 2.75) is 26.9 Å². The Kier molecular flexibility index (Phi) is 4.80. The monoisotopic (exact) mass is 337 g/mol. The number of nitrogens with one attached hydrogen (secondary N) is 1. The van der Waals surface area contributed by atoms with Gasteiger partial charge in [-0.25, -0.2) is 4.79 Å². The summed E-state index contributed by atoms with van der Waals surface area (Å²) in [6, 6.07) is 1.50. The summed E-state index contributed by atoms with van der Waals surface area (Å²) in [7, 11) is 0. The highest BCUT2D eigenvalue weighted by atomic mass is 32.1. The Hall–Kier alpha value is -2.68. The molecule has 0 fully saturated rings. The molecule has 1 unspecified atom stereocenters. The highest BCUT2D eigenvalue weighted by Crippen LogP contribution is 2.23. The summed E-state index contributed by atoms with van der Waals surface area (Å²) >= 11 is 1.15. The van der Waals surface area contributed by atoms with Crippen LogP contribution < -0.4 is 11.1 Å². The number of hydrogen-bond acceptors (Lipinski definition) is 7. The maximum Gasteiger partial charge on any atom is 0.344 e. The number of carbonyl (C=O) groups is 3. The number of hydrogen-bond donors (Lipinski definition) is 2. The van der Waals surface area contributed by atoms with Crippen molar-refractivity contribution >= 4 is 34.1 Å². The van der Waals surface area contributed by atoms with E-state index in [1.165, 1.54) is 13.0 Å². The van der Waals surface area contributed by atoms with Gasteiger partial charge in [0, 0.05) is 0 Å². The molecular weight excluding hydrogens is 322 g/mol. The number of aromatic nitrogens is 1. The number of ether oxygens (including phenoxy) is 1. The molecule has 0 aliphatic rings. The van der Waals surface area contributed by atoms with Crippen LogP contribution in [0.4, 0.5) is 5.00 Å². The second-order valence-corrected chi connectivity index (χ2v) is 5.68. The van der Waals surface area contributed by atoms with Gasteiger partial charge in [0.25, 0.3) is 11.8 Å². The Bertz CT molecular complexity index is 745. The van der Waals surface area contributed by atoms with E-state index in [9.17, 15) is 14.4 Å². The Labute approximate surface area is 135 Å². The lowest BCUT2D eigenvalue weighted by molar-refractivity contribution is -0.123. The third-order valence-corrected chi connectivity index (χ3v) is 3.89. The van der Waals surface area contributed by atoms with Gasteiger partial charge in [0.2, 0.25) is 0 Å². The largest absolute Gasteiger partial charge is 0.449 e. The molecule has 3 N–H and O–H groups in total. The maximum atomic E-state index is 12.1. The van der Waals surface area contributed by atoms with E-state index >= 15 is 0 Å². The number of carbonyl (C=O) groups excluding carboxylic acids is 3. The van der Waals surface area contributed by atoms with Gasteiger partial charge in [0.05, 0.1) is 11.3 Å². The summed E-state index contributed by atoms with van der Waals surface area (Å²) < 4.78 is 9.99. The van der Waals surface area contributed by atoms with Crippen LogP contribution in [0.5, 0.6) is 0 Å². The fraction of sp³-hybridized carbons (Fsp3) is 0.286. The zero-order chi connectivity index (χ0) is 17.1. The van der Waals surface area contributed by atoms with Gasteiger partial charge >= 0.3 is 5.97 Å². The van der Waals surface area contributed by atoms with Crippen LogP contribution in [0.2, 0.25) is 0 Å². The number of rotatable bonds is 5. The molecule has 0 saturated carbocycles. The first-order chi connectivity index (χ1) is 10.8. The van der Waals surface area contributed by atoms with Crippen molar-refractivity contribution in [3.8, 4) is 0 Å². The molecule has 2 heterocycles. The summed E-state index contributed by atoms with van der Waals surface area (Å²) in [6.45, 7) is 4.59. The third-order valence-electron chi connectivity index (χ3n) is 3.06. The van der Waals surface area contributed by atoms with Crippen molar-refractivity contribution in [1.29, 1.82) is 0 Å². The molecule has 2 aromatic rings. The van der Waals surface area contributed by atoms with Crippen molar-refractivity contribution in [2.24, 2.45) is 5.73 Å². The zero-order valence-corrected chi connectivity index (χ0v) is 13.5. The van der Waals surface area contributed by atoms with E-state index in [2.05, 4.69) is 10.5 Å². The molecule has 1 atom stereocenters. The number of amides is 2. The fourth-order valence-corrected chi connectivity index (χ4v) is 2.66. The van der Waals surface area contributed by atoms with Gasteiger partial charge in [-0.15, -0.1) is 11.3 Å². The zero-order valence-electron chi connectivity index (χ0n) is 12.7. The third kappa shape index (κ3) is 3.57. The molecule has 2 aromatic heterocycles. The Morgan fingerprint density at radius 3 is 2.65 bits per heavy atom. The minimum atomic E-state index is -1.07. The molecule has 0 radical (unpaired) electrons. The summed E-state index contributed by atoms with van der Waals surface area (Å²) in [6.07, 6.45) is -1.07. The van der Waals surface area contributed by atoms with Gasteiger partial charge < -0.3 is 20.3 Å². The Morgan fingerprint density at radius 2 is 2.09 bits per heavy atom. The molecule has 23 heavy (non-hydrogen) atoms. The van der Waals surface area contributed by atoms with Crippen molar-refractivity contribution in [2.75, 3.05) is 5.32 Å². The van der Waals surface area contributed by atoms with Gasteiger partial charge in [-0.1, -0.05) is 5.16 Å². The molecule has 0 spiro atoms. The molecule has 0 aliphatic heterocycles. The lowest BCUT2D eigenvalue weighted by Crippen LogP contribution is -2.30. The standard InChI is InChI=1S/C14H15N3O5S/c1-6-10(7(2)22-17-6)14(20)21-8(3)12(19)16-13-9(11(15)18)4-5-23-13/h4-5,8H,1-3H3,(H2,15,18)(H,16,19). The van der Waals surface area contributed by atoms with Crippen LogP contribution in [-0.4, -0.2) is 29.0 Å². The minimum Gasteiger partial charge on any atom is -0.449 e. The fourth-order valence-electron chi connectivity index (χ4n) is 1.86. The predicted octanol–water partition coefficient (Wildman–Crippen LogP) is 1.64. The number of esters is 1. The van der Waals surface area contributed by atoms with Crippen LogP contribution in [0.15, 0.2) is 16.0 Å². The molecule has 8 nitrogen and oxygen atoms in total. The number of aryl methyl sites for hydroxylation is 2. The lowest BCUT2D eigenvalue weighted by Gasteiger charge is -2.13. The normalized spacial score (nSPS) is 11.8. The molecule has 2 rings (SSSR count). The minimum absolute atomic E-state index is 0.193. The van der Waals surface area contributed by atoms with E-state index in [0.717, 1.165) is 11.3 Å². The van der Waals surface area contributed by atoms with Crippen LogP contribution in [0, 0.1) is 13.8 Å². The number of thiophene rings is 1. The van der Waals surface area contributed by atoms with Crippen molar-refractivity contribution < 1.29 is 23.6 Å². The van der Waals surface area contributed by atoms with Gasteiger partial charge in [-0.3, -0.25) is 9.59 Å². The van der Waals surface area contributed by atoms with Crippen LogP contribution in [0.1, 0.15) is 39.1 Å². The first-order valence-electron chi connectivity index (χ1n) is 6.63. The van der Waals surface area contributed by atoms with Gasteiger partial charge in [0.15, 0.2) is 6.10 Å². The van der Waals surface area contributed by atoms with E-state index < -0.39 is 23.9 Å². The first-order valence-corrected chi connectivity index (χ1v) is 7.51. The van der Waals surface area contributed by atoms with Gasteiger partial charge in [-0.05, 0) is 32.2 Å². The van der Waals surface area contributed by atoms with E-state index in [0.29, 0.717) is 16.5 Å². The Balaban J connectivity index is 2.04. The number of primary amides is 1. The topological polar surface area (TPSA) is 125 Å². The SMILES string of the molecule is Cc1noc(C)c1C(=O)OC(C)C(=O)Nc1sccc1C(N)=O. The molecule has 2 amide bonds. The van der Waals surface area contributed by atoms with E-state index in [-0.39, 0.29) is 11.1 Å². The summed E-state index contributed by atoms with van der Waals surface area (Å²) in [4.78, 5) is 35.4. The average molecular weight is 337 g/mol. The van der Waals surface area contributed by atoms with Crippen molar-refractivity contribution in [3.63, 3.8) is 0 Å². The van der Waals surface area contributed by atoms with Crippen molar-refractivity contribution in [3.05, 3.63) is 34.0 Å². The molecule has 122 valence electrons. The molecule has 0 bridgehead atoms. The second-order valence-electron chi connectivity index (χ2n) is 4.76. The average Bonchev–Trinajstić information content (AvgIpc) is 3.05. The molecular formula is C14H15N3O5S. The smallest absolute Gasteiger partial charge is 0.344 e. The second kappa shape index (κ2) is 6.61. The van der Waals surface area contributed by atoms with Crippen LogP contribution in [0.25, 0.3) is 0 Å². The molecule has 0 aliphatic carbocycles. The number of nitrogens with zero attached hydrogens (tertiary/aromatic N) is 1. The van der Waals surface area contributed by atoms with E-state index in [4.69, 9.17) is 15.0 Å². The molecule has 0 saturated heterocycles. The van der Waals surface area contributed by atoms with Crippen LogP contribution >= 0.6 is 11.3 Å². The quantitative estimate of drug-likeness (QED) is 0.799. The number of nitrogens with two attached hydrogens (primary N) is 1. The maximum absolute atomic E-state index is 12.1. The van der Waals surface area contributed by atoms with Gasteiger partial charge in [-0.2, -0.15) is 0 Å². The van der Waals surface area contributed by atoms with Crippen molar-refractivity contribution in [1.82, 2.24) is 5.16 Å². The predicted molar refractivity (Wildman–Crippen MR) is 82.3 cm³/mol. The number of anilines is 1. The highest BCUT2D eigenvalue weighted by Gasteiger charge is 2.25. The Morgan fingerprint density at radius 1 is 1.39 bits per heavy atom. The first kappa shape index (κ1) is 16.7. The summed E-state index contributed by atoms with van der Waals surface area (Å²) in [5.41, 5.74) is 5.98.